The van der Waals surface area contributed by atoms with Gasteiger partial charge in [0.25, 0.3) is 5.91 Å². The molecule has 0 bridgehead atoms. The highest BCUT2D eigenvalue weighted by Gasteiger charge is 2.24. The maximum atomic E-state index is 13.8. The largest absolute Gasteiger partial charge is 0.339 e. The number of anilines is 2. The summed E-state index contributed by atoms with van der Waals surface area (Å²) in [5.41, 5.74) is 4.04. The Hall–Kier alpha value is -3.35. The summed E-state index contributed by atoms with van der Waals surface area (Å²) in [6.45, 7) is 16.1. The lowest BCUT2D eigenvalue weighted by atomic mass is 10.0. The van der Waals surface area contributed by atoms with Crippen LogP contribution in [-0.2, 0) is 0 Å². The molecule has 1 fully saturated rings. The first-order valence-corrected chi connectivity index (χ1v) is 14.6. The highest BCUT2D eigenvalue weighted by atomic mass is 16.2. The van der Waals surface area contributed by atoms with Crippen molar-refractivity contribution in [1.82, 2.24) is 14.6 Å². The average Bonchev–Trinajstić information content (AvgIpc) is 3.25. The van der Waals surface area contributed by atoms with Crippen molar-refractivity contribution in [3.63, 3.8) is 0 Å². The van der Waals surface area contributed by atoms with Gasteiger partial charge < -0.3 is 15.2 Å². The number of carbonyl (C=O) groups is 2. The highest BCUT2D eigenvalue weighted by Crippen LogP contribution is 2.28. The molecule has 1 aromatic heterocycles. The van der Waals surface area contributed by atoms with Gasteiger partial charge in [0.05, 0.1) is 11.0 Å². The predicted octanol–water partition coefficient (Wildman–Crippen LogP) is 6.88. The normalized spacial score (nSPS) is 14.4. The van der Waals surface area contributed by atoms with Crippen LogP contribution in [0.15, 0.2) is 42.5 Å². The average molecular weight is 532 g/mol. The van der Waals surface area contributed by atoms with E-state index in [9.17, 15) is 9.59 Å². The number of imidazole rings is 1. The first-order chi connectivity index (χ1) is 18.6. The van der Waals surface area contributed by atoms with Gasteiger partial charge in [-0.15, -0.1) is 0 Å². The molecule has 3 aromatic rings. The molecule has 4 rings (SSSR count). The summed E-state index contributed by atoms with van der Waals surface area (Å²) in [4.78, 5) is 32.5. The van der Waals surface area contributed by atoms with Crippen LogP contribution in [0, 0.1) is 17.8 Å². The number of aromatic nitrogens is 2. The molecule has 0 aliphatic carbocycles. The molecule has 1 amide bonds. The molecule has 2 heterocycles. The fourth-order valence-corrected chi connectivity index (χ4v) is 5.00. The number of hydrogen-bond acceptors (Lipinski definition) is 5. The summed E-state index contributed by atoms with van der Waals surface area (Å²) in [5.74, 6) is 2.64. The number of carbonyl (C=O) groups excluding carboxylic acids is 2. The zero-order valence-corrected chi connectivity index (χ0v) is 24.5. The molecule has 0 unspecified atom stereocenters. The van der Waals surface area contributed by atoms with Gasteiger partial charge in [-0.3, -0.25) is 9.59 Å². The molecular formula is C32H45N5O2. The lowest BCUT2D eigenvalue weighted by Crippen LogP contribution is -2.41. The molecule has 1 saturated heterocycles. The van der Waals surface area contributed by atoms with Crippen LogP contribution in [0.3, 0.4) is 0 Å². The van der Waals surface area contributed by atoms with E-state index in [1.807, 2.05) is 47.4 Å². The minimum Gasteiger partial charge on any atom is -0.339 e. The molecular weight excluding hydrogens is 486 g/mol. The van der Waals surface area contributed by atoms with Gasteiger partial charge in [0, 0.05) is 43.0 Å². The Morgan fingerprint density at radius 1 is 0.949 bits per heavy atom. The number of amides is 1. The molecule has 2 aromatic carbocycles. The Morgan fingerprint density at radius 2 is 1.54 bits per heavy atom. The molecule has 210 valence electrons. The van der Waals surface area contributed by atoms with Gasteiger partial charge in [-0.25, -0.2) is 9.66 Å². The zero-order chi connectivity index (χ0) is 28.1. The van der Waals surface area contributed by atoms with Crippen molar-refractivity contribution in [3.8, 4) is 0 Å². The van der Waals surface area contributed by atoms with Gasteiger partial charge in [-0.2, -0.15) is 0 Å². The quantitative estimate of drug-likeness (QED) is 0.273. The fourth-order valence-electron chi connectivity index (χ4n) is 5.00. The molecule has 0 radical (unpaired) electrons. The molecule has 1 N–H and O–H groups in total. The Balaban J connectivity index is 1.70. The SMILES string of the molecule is CC(=O)c1ccc(Nc2nc3ccc(C(=O)N(CCC(C)C)CCC(C)C)cc3n2N2CCC(C)CC2)cc1. The zero-order valence-electron chi connectivity index (χ0n) is 24.5. The number of nitrogens with zero attached hydrogens (tertiary/aromatic N) is 4. The third kappa shape index (κ3) is 7.20. The molecule has 0 spiro atoms. The van der Waals surface area contributed by atoms with Crippen molar-refractivity contribution in [2.24, 2.45) is 17.8 Å². The number of Topliss-reactive ketones (excluding diaryl/α,β-unsaturated/α-hetero) is 1. The van der Waals surface area contributed by atoms with Gasteiger partial charge in [0.2, 0.25) is 5.95 Å². The van der Waals surface area contributed by atoms with E-state index in [0.717, 1.165) is 74.5 Å². The third-order valence-corrected chi connectivity index (χ3v) is 7.71. The van der Waals surface area contributed by atoms with Crippen molar-refractivity contribution in [1.29, 1.82) is 0 Å². The Morgan fingerprint density at radius 3 is 2.10 bits per heavy atom. The minimum absolute atomic E-state index is 0.0456. The maximum Gasteiger partial charge on any atom is 0.253 e. The summed E-state index contributed by atoms with van der Waals surface area (Å²) in [5, 5.41) is 5.82. The molecule has 7 nitrogen and oxygen atoms in total. The van der Waals surface area contributed by atoms with Gasteiger partial charge in [-0.1, -0.05) is 34.6 Å². The van der Waals surface area contributed by atoms with E-state index in [0.29, 0.717) is 28.9 Å². The Kier molecular flexibility index (Phi) is 9.31. The van der Waals surface area contributed by atoms with Crippen molar-refractivity contribution < 1.29 is 9.59 Å². The Bertz CT molecular complexity index is 1260. The highest BCUT2D eigenvalue weighted by molar-refractivity contribution is 5.98. The van der Waals surface area contributed by atoms with Crippen molar-refractivity contribution in [3.05, 3.63) is 53.6 Å². The van der Waals surface area contributed by atoms with E-state index in [2.05, 4.69) is 49.6 Å². The van der Waals surface area contributed by atoms with Crippen LogP contribution in [0.1, 0.15) is 87.9 Å². The van der Waals surface area contributed by atoms with E-state index in [1.54, 1.807) is 6.92 Å². The second kappa shape index (κ2) is 12.7. The number of piperidine rings is 1. The molecule has 39 heavy (non-hydrogen) atoms. The number of ketones is 1. The summed E-state index contributed by atoms with van der Waals surface area (Å²) >= 11 is 0. The van der Waals surface area contributed by atoms with Crippen LogP contribution >= 0.6 is 0 Å². The van der Waals surface area contributed by atoms with Crippen molar-refractivity contribution in [2.75, 3.05) is 36.5 Å². The number of benzene rings is 2. The molecule has 0 atom stereocenters. The van der Waals surface area contributed by atoms with Crippen LogP contribution < -0.4 is 10.3 Å². The second-order valence-electron chi connectivity index (χ2n) is 12.0. The van der Waals surface area contributed by atoms with Crippen molar-refractivity contribution >= 4 is 34.4 Å². The minimum atomic E-state index is 0.0456. The van der Waals surface area contributed by atoms with Crippen LogP contribution in [0.5, 0.6) is 0 Å². The molecule has 7 heteroatoms. The standard InChI is InChI=1S/C32H45N5O2/c1-22(2)13-17-35(18-14-23(3)4)31(39)27-9-12-29-30(21-27)37(36-19-15-24(5)16-20-36)32(34-29)33-28-10-7-26(8-11-28)25(6)38/h7-12,21-24H,13-20H2,1-6H3,(H,33,34). The van der Waals surface area contributed by atoms with E-state index in [4.69, 9.17) is 4.98 Å². The number of nitrogens with one attached hydrogen (secondary N) is 1. The number of fused-ring (bicyclic) bond motifs is 1. The predicted molar refractivity (Wildman–Crippen MR) is 161 cm³/mol. The van der Waals surface area contributed by atoms with E-state index < -0.39 is 0 Å². The van der Waals surface area contributed by atoms with Crippen LogP contribution in [0.25, 0.3) is 11.0 Å². The Labute approximate surface area is 233 Å². The first kappa shape index (κ1) is 28.7. The summed E-state index contributed by atoms with van der Waals surface area (Å²) in [6.07, 6.45) is 4.21. The summed E-state index contributed by atoms with van der Waals surface area (Å²) < 4.78 is 2.16. The third-order valence-electron chi connectivity index (χ3n) is 7.71. The monoisotopic (exact) mass is 531 g/mol. The van der Waals surface area contributed by atoms with E-state index in [-0.39, 0.29) is 11.7 Å². The van der Waals surface area contributed by atoms with Crippen LogP contribution in [-0.4, -0.2) is 52.4 Å². The van der Waals surface area contributed by atoms with E-state index >= 15 is 0 Å². The van der Waals surface area contributed by atoms with Crippen LogP contribution in [0.4, 0.5) is 11.6 Å². The fraction of sp³-hybridized carbons (Fsp3) is 0.531. The van der Waals surface area contributed by atoms with E-state index in [1.165, 1.54) is 0 Å². The molecule has 0 saturated carbocycles. The van der Waals surface area contributed by atoms with Gasteiger partial charge in [-0.05, 0) is 92.8 Å². The molecule has 1 aliphatic heterocycles. The number of rotatable bonds is 11. The lowest BCUT2D eigenvalue weighted by molar-refractivity contribution is 0.0740. The smallest absolute Gasteiger partial charge is 0.253 e. The second-order valence-corrected chi connectivity index (χ2v) is 12.0. The van der Waals surface area contributed by atoms with Gasteiger partial charge >= 0.3 is 0 Å². The lowest BCUT2D eigenvalue weighted by Gasteiger charge is -2.34. The van der Waals surface area contributed by atoms with Crippen molar-refractivity contribution in [2.45, 2.75) is 67.2 Å². The van der Waals surface area contributed by atoms with Crippen LogP contribution in [0.2, 0.25) is 0 Å². The summed E-state index contributed by atoms with van der Waals surface area (Å²) in [7, 11) is 0. The first-order valence-electron chi connectivity index (χ1n) is 14.6. The molecule has 1 aliphatic rings. The summed E-state index contributed by atoms with van der Waals surface area (Å²) in [6, 6.07) is 13.4. The topological polar surface area (TPSA) is 70.5 Å². The number of hydrogen-bond donors (Lipinski definition) is 1. The van der Waals surface area contributed by atoms with Gasteiger partial charge in [0.1, 0.15) is 0 Å². The van der Waals surface area contributed by atoms with Gasteiger partial charge in [0.15, 0.2) is 5.78 Å². The maximum absolute atomic E-state index is 13.8.